The van der Waals surface area contributed by atoms with Crippen LogP contribution in [0.25, 0.3) is 32.3 Å². The number of nitriles is 1. The quantitative estimate of drug-likeness (QED) is 0.134. The molecule has 0 radical (unpaired) electrons. The zero-order valence-electron chi connectivity index (χ0n) is 27.5. The van der Waals surface area contributed by atoms with Crippen molar-refractivity contribution in [3.8, 4) is 11.8 Å². The number of fused-ring (bicyclic) bond motifs is 7. The van der Waals surface area contributed by atoms with E-state index >= 15 is 0 Å². The van der Waals surface area contributed by atoms with Crippen molar-refractivity contribution in [1.29, 1.82) is 5.26 Å². The van der Waals surface area contributed by atoms with Gasteiger partial charge in [0.1, 0.15) is 0 Å². The fourth-order valence-electron chi connectivity index (χ4n) is 8.15. The highest BCUT2D eigenvalue weighted by molar-refractivity contribution is 8.27. The summed E-state index contributed by atoms with van der Waals surface area (Å²) in [5.74, 6) is 0. The molecule has 52 heavy (non-hydrogen) atoms. The van der Waals surface area contributed by atoms with Gasteiger partial charge in [-0.25, -0.2) is 4.85 Å². The summed E-state index contributed by atoms with van der Waals surface area (Å²) in [5.41, 5.74) is 7.26. The molecule has 244 valence electrons. The molecule has 2 atom stereocenters. The maximum Gasteiger partial charge on any atom is 0.188 e. The van der Waals surface area contributed by atoms with Crippen molar-refractivity contribution in [2.24, 2.45) is 0 Å². The molecule has 0 saturated carbocycles. The average molecular weight is 737 g/mol. The molecule has 4 nitrogen and oxygen atoms in total. The average Bonchev–Trinajstić information content (AvgIpc) is 3.55. The van der Waals surface area contributed by atoms with Crippen LogP contribution >= 0.6 is 12.1 Å². The first-order valence-electron chi connectivity index (χ1n) is 16.8. The first-order chi connectivity index (χ1) is 25.5. The van der Waals surface area contributed by atoms with Gasteiger partial charge in [0, 0.05) is 49.8 Å². The summed E-state index contributed by atoms with van der Waals surface area (Å²) in [7, 11) is 0. The summed E-state index contributed by atoms with van der Waals surface area (Å²) in [6.07, 6.45) is 0. The molecule has 0 bridgehead atoms. The maximum atomic E-state index is 10.2. The number of hydrogen-bond acceptors (Lipinski definition) is 4. The first kappa shape index (κ1) is 31.2. The summed E-state index contributed by atoms with van der Waals surface area (Å²) < 4.78 is 2.35. The van der Waals surface area contributed by atoms with E-state index in [-0.39, 0.29) is 0 Å². The van der Waals surface area contributed by atoms with Crippen molar-refractivity contribution in [2.75, 3.05) is 4.90 Å². The third-order valence-corrected chi connectivity index (χ3v) is 20.2. The Morgan fingerprint density at radius 1 is 0.558 bits per heavy atom. The highest BCUT2D eigenvalue weighted by Crippen LogP contribution is 2.61. The minimum atomic E-state index is -2.80. The molecular formula is C44H26N4P2S2. The van der Waals surface area contributed by atoms with Gasteiger partial charge in [0.2, 0.25) is 0 Å². The van der Waals surface area contributed by atoms with Gasteiger partial charge in [-0.05, 0) is 65.2 Å². The number of para-hydroxylation sites is 2. The van der Waals surface area contributed by atoms with Crippen LogP contribution in [0.15, 0.2) is 158 Å². The lowest BCUT2D eigenvalue weighted by molar-refractivity contribution is 1.18. The molecule has 2 aliphatic rings. The van der Waals surface area contributed by atoms with E-state index in [1.165, 1.54) is 10.8 Å². The molecule has 0 saturated heterocycles. The second-order valence-electron chi connectivity index (χ2n) is 13.0. The molecule has 1 aromatic heterocycles. The van der Waals surface area contributed by atoms with Gasteiger partial charge in [-0.2, -0.15) is 5.26 Å². The Morgan fingerprint density at radius 3 is 1.60 bits per heavy atom. The Bertz CT molecular complexity index is 2810. The summed E-state index contributed by atoms with van der Waals surface area (Å²) in [4.78, 5) is 6.20. The fourth-order valence-corrected chi connectivity index (χ4v) is 16.8. The lowest BCUT2D eigenvalue weighted by Crippen LogP contribution is -2.46. The molecule has 7 aromatic carbocycles. The number of aromatic nitrogens is 1. The lowest BCUT2D eigenvalue weighted by atomic mass is 10.1. The van der Waals surface area contributed by atoms with Gasteiger partial charge in [0.25, 0.3) is 0 Å². The van der Waals surface area contributed by atoms with Crippen molar-refractivity contribution in [3.63, 3.8) is 0 Å². The SMILES string of the molecule is [C-]#[N+]c1ccc2c(c1)P(=S)(c1ccccc1)c1cc(-n3c4ccccc4c4ccccc43)cc3c1N2c1ccc(C#N)cc1P3(=S)c1ccccc1. The maximum absolute atomic E-state index is 10.2. The van der Waals surface area contributed by atoms with Crippen molar-refractivity contribution >= 4 is 112 Å². The van der Waals surface area contributed by atoms with Gasteiger partial charge in [-0.3, -0.25) is 0 Å². The molecule has 0 aliphatic carbocycles. The molecular weight excluding hydrogens is 711 g/mol. The predicted molar refractivity (Wildman–Crippen MR) is 226 cm³/mol. The molecule has 10 rings (SSSR count). The van der Waals surface area contributed by atoms with Crippen LogP contribution in [0.3, 0.4) is 0 Å². The minimum Gasteiger partial charge on any atom is -0.309 e. The van der Waals surface area contributed by atoms with Crippen molar-refractivity contribution in [2.45, 2.75) is 0 Å². The molecule has 2 aliphatic heterocycles. The van der Waals surface area contributed by atoms with Gasteiger partial charge in [0.05, 0.1) is 46.3 Å². The largest absolute Gasteiger partial charge is 0.309 e. The molecule has 0 N–H and O–H groups in total. The normalized spacial score (nSPS) is 18.2. The van der Waals surface area contributed by atoms with Crippen molar-refractivity contribution < 1.29 is 0 Å². The molecule has 8 heteroatoms. The topological polar surface area (TPSA) is 36.3 Å². The summed E-state index contributed by atoms with van der Waals surface area (Å²) >= 11 is 14.3. The molecule has 2 unspecified atom stereocenters. The molecule has 3 heterocycles. The molecule has 8 aromatic rings. The third kappa shape index (κ3) is 4.13. The summed E-state index contributed by atoms with van der Waals surface area (Å²) in [6.45, 7) is 8.02. The number of rotatable bonds is 3. The van der Waals surface area contributed by atoms with Gasteiger partial charge >= 0.3 is 0 Å². The summed E-state index contributed by atoms with van der Waals surface area (Å²) in [6, 6.07) is 51.3. The van der Waals surface area contributed by atoms with Crippen LogP contribution in [0.5, 0.6) is 0 Å². The smallest absolute Gasteiger partial charge is 0.188 e. The van der Waals surface area contributed by atoms with Crippen LogP contribution in [0.4, 0.5) is 22.7 Å². The van der Waals surface area contributed by atoms with Crippen LogP contribution in [-0.2, 0) is 23.6 Å². The monoisotopic (exact) mass is 736 g/mol. The standard InChI is InChI=1S/C44H26N4P2S2/c1-46-30-21-23-39-41(25-30)50(52,33-14-6-3-7-15-33)43-27-31(47-36-18-10-8-16-34(36)35-17-9-11-19-37(35)47)26-42-44(43)48(39)38-22-20-29(28-45)24-40(38)49(42,51)32-12-4-2-5-13-32/h2-27H. The molecule has 0 amide bonds. The molecule has 0 spiro atoms. The Labute approximate surface area is 311 Å². The minimum absolute atomic E-state index is 0.553. The predicted octanol–water partition coefficient (Wildman–Crippen LogP) is 8.81. The lowest BCUT2D eigenvalue weighted by Gasteiger charge is -2.47. The van der Waals surface area contributed by atoms with Gasteiger partial charge < -0.3 is 9.47 Å². The van der Waals surface area contributed by atoms with E-state index in [9.17, 15) is 5.26 Å². The second-order valence-corrected chi connectivity index (χ2v) is 21.7. The van der Waals surface area contributed by atoms with Crippen molar-refractivity contribution in [1.82, 2.24) is 4.57 Å². The highest BCUT2D eigenvalue weighted by Gasteiger charge is 2.46. The van der Waals surface area contributed by atoms with Gasteiger partial charge in [-0.1, -0.05) is 127 Å². The Hall–Kier alpha value is -5.58. The Morgan fingerprint density at radius 2 is 1.06 bits per heavy atom. The Balaban J connectivity index is 1.44. The van der Waals surface area contributed by atoms with E-state index in [4.69, 9.17) is 30.2 Å². The first-order valence-corrected chi connectivity index (χ1v) is 22.4. The number of anilines is 3. The van der Waals surface area contributed by atoms with Crippen LogP contribution in [0.1, 0.15) is 5.56 Å². The van der Waals surface area contributed by atoms with Gasteiger partial charge in [-0.15, -0.1) is 0 Å². The zero-order valence-corrected chi connectivity index (χ0v) is 30.9. The Kier molecular flexibility index (Phi) is 6.87. The van der Waals surface area contributed by atoms with E-state index in [1.807, 2.05) is 36.4 Å². The molecule has 0 fully saturated rings. The third-order valence-electron chi connectivity index (χ3n) is 10.4. The van der Waals surface area contributed by atoms with Crippen molar-refractivity contribution in [3.05, 3.63) is 175 Å². The van der Waals surface area contributed by atoms with Gasteiger partial charge in [0.15, 0.2) is 5.69 Å². The van der Waals surface area contributed by atoms with Crippen LogP contribution in [-0.4, -0.2) is 4.57 Å². The number of benzene rings is 7. The second kappa shape index (κ2) is 11.5. The van der Waals surface area contributed by atoms with E-state index in [2.05, 4.69) is 142 Å². The van der Waals surface area contributed by atoms with Crippen LogP contribution in [0.2, 0.25) is 0 Å². The van der Waals surface area contributed by atoms with E-state index in [0.717, 1.165) is 65.6 Å². The van der Waals surface area contributed by atoms with Crippen LogP contribution in [0, 0.1) is 17.9 Å². The van der Waals surface area contributed by atoms with E-state index in [1.54, 1.807) is 0 Å². The fraction of sp³-hybridized carbons (Fsp3) is 0. The van der Waals surface area contributed by atoms with E-state index in [0.29, 0.717) is 11.3 Å². The number of hydrogen-bond donors (Lipinski definition) is 0. The summed E-state index contributed by atoms with van der Waals surface area (Å²) in [5, 5.41) is 18.7. The van der Waals surface area contributed by atoms with E-state index < -0.39 is 12.1 Å². The van der Waals surface area contributed by atoms with Crippen LogP contribution < -0.4 is 36.7 Å². The highest BCUT2D eigenvalue weighted by atomic mass is 32.4. The number of nitrogens with zero attached hydrogens (tertiary/aromatic N) is 4. The zero-order chi connectivity index (χ0) is 35.2.